The fourth-order valence-corrected chi connectivity index (χ4v) is 9.16. The van der Waals surface area contributed by atoms with Crippen molar-refractivity contribution in [1.29, 1.82) is 0 Å². The Balaban J connectivity index is 1.15. The number of benzene rings is 10. The summed E-state index contributed by atoms with van der Waals surface area (Å²) in [6.45, 7) is 0. The van der Waals surface area contributed by atoms with E-state index in [1.54, 1.807) is 0 Å². The van der Waals surface area contributed by atoms with Crippen molar-refractivity contribution in [3.8, 4) is 50.2 Å². The van der Waals surface area contributed by atoms with Gasteiger partial charge in [0.1, 0.15) is 0 Å². The molecule has 0 aliphatic carbocycles. The van der Waals surface area contributed by atoms with E-state index in [1.165, 1.54) is 66.0 Å². The molecule has 0 fully saturated rings. The van der Waals surface area contributed by atoms with Gasteiger partial charge in [0.25, 0.3) is 0 Å². The van der Waals surface area contributed by atoms with Crippen LogP contribution in [0.25, 0.3) is 82.8 Å². The van der Waals surface area contributed by atoms with Crippen molar-refractivity contribution >= 4 is 49.6 Å². The third-order valence-electron chi connectivity index (χ3n) is 11.8. The van der Waals surface area contributed by atoms with Gasteiger partial charge in [-0.25, -0.2) is 0 Å². The predicted molar refractivity (Wildman–Crippen MR) is 255 cm³/mol. The summed E-state index contributed by atoms with van der Waals surface area (Å²) in [7, 11) is 0. The van der Waals surface area contributed by atoms with Crippen LogP contribution in [0.1, 0.15) is 0 Å². The Morgan fingerprint density at radius 1 is 0.300 bits per heavy atom. The van der Waals surface area contributed by atoms with Gasteiger partial charge in [-0.3, -0.25) is 0 Å². The van der Waals surface area contributed by atoms with Crippen molar-refractivity contribution in [1.82, 2.24) is 4.57 Å². The highest BCUT2D eigenvalue weighted by molar-refractivity contribution is 6.14. The van der Waals surface area contributed by atoms with Crippen LogP contribution in [0.5, 0.6) is 0 Å². The fourth-order valence-electron chi connectivity index (χ4n) is 9.16. The van der Waals surface area contributed by atoms with E-state index in [0.29, 0.717) is 0 Å². The van der Waals surface area contributed by atoms with Crippen LogP contribution in [0, 0.1) is 0 Å². The van der Waals surface area contributed by atoms with Gasteiger partial charge in [0.2, 0.25) is 0 Å². The van der Waals surface area contributed by atoms with E-state index in [1.807, 2.05) is 0 Å². The first kappa shape index (κ1) is 35.2. The molecule has 1 aromatic heterocycles. The summed E-state index contributed by atoms with van der Waals surface area (Å²) in [5, 5.41) is 4.87. The van der Waals surface area contributed by atoms with Gasteiger partial charge in [0, 0.05) is 38.7 Å². The van der Waals surface area contributed by atoms with Crippen LogP contribution in [0.15, 0.2) is 243 Å². The van der Waals surface area contributed by atoms with Crippen molar-refractivity contribution in [3.63, 3.8) is 0 Å². The molecule has 0 unspecified atom stereocenters. The first-order valence-corrected chi connectivity index (χ1v) is 20.6. The molecule has 0 aliphatic rings. The number of nitrogens with zero attached hydrogens (tertiary/aromatic N) is 2. The zero-order chi connectivity index (χ0) is 39.8. The molecule has 1 heterocycles. The molecule has 0 atom stereocenters. The molecule has 0 aliphatic heterocycles. The lowest BCUT2D eigenvalue weighted by molar-refractivity contribution is 1.18. The number of aromatic nitrogens is 1. The van der Waals surface area contributed by atoms with Gasteiger partial charge in [-0.05, 0) is 81.2 Å². The number of hydrogen-bond acceptors (Lipinski definition) is 1. The number of rotatable bonds is 8. The lowest BCUT2D eigenvalue weighted by atomic mass is 9.88. The molecule has 0 saturated heterocycles. The van der Waals surface area contributed by atoms with Gasteiger partial charge >= 0.3 is 0 Å². The molecule has 0 radical (unpaired) electrons. The summed E-state index contributed by atoms with van der Waals surface area (Å²) in [6, 6.07) is 87.9. The Kier molecular flexibility index (Phi) is 8.87. The second kappa shape index (κ2) is 15.1. The third kappa shape index (κ3) is 6.06. The molecule has 11 aromatic rings. The second-order valence-electron chi connectivity index (χ2n) is 15.2. The van der Waals surface area contributed by atoms with Gasteiger partial charge in [0.15, 0.2) is 0 Å². The Labute approximate surface area is 350 Å². The summed E-state index contributed by atoms with van der Waals surface area (Å²) in [5.41, 5.74) is 16.3. The molecule has 0 N–H and O–H groups in total. The van der Waals surface area contributed by atoms with E-state index in [-0.39, 0.29) is 0 Å². The van der Waals surface area contributed by atoms with Crippen molar-refractivity contribution in [3.05, 3.63) is 243 Å². The number of anilines is 3. The summed E-state index contributed by atoms with van der Waals surface area (Å²) in [4.78, 5) is 2.47. The fraction of sp³-hybridized carbons (Fsp3) is 0. The normalized spacial score (nSPS) is 11.3. The predicted octanol–water partition coefficient (Wildman–Crippen LogP) is 16.1. The summed E-state index contributed by atoms with van der Waals surface area (Å²) in [5.74, 6) is 0. The quantitative estimate of drug-likeness (QED) is 0.150. The first-order valence-electron chi connectivity index (χ1n) is 20.6. The maximum atomic E-state index is 2.47. The monoisotopic (exact) mass is 764 g/mol. The summed E-state index contributed by atoms with van der Waals surface area (Å²) in [6.07, 6.45) is 0. The molecule has 11 rings (SSSR count). The van der Waals surface area contributed by atoms with Gasteiger partial charge < -0.3 is 9.47 Å². The van der Waals surface area contributed by atoms with Crippen molar-refractivity contribution in [2.45, 2.75) is 0 Å². The highest BCUT2D eigenvalue weighted by Gasteiger charge is 2.23. The lowest BCUT2D eigenvalue weighted by Gasteiger charge is -2.30. The first-order chi connectivity index (χ1) is 29.8. The smallest absolute Gasteiger partial charge is 0.0619 e. The zero-order valence-corrected chi connectivity index (χ0v) is 33.0. The molecule has 0 bridgehead atoms. The van der Waals surface area contributed by atoms with Gasteiger partial charge in [0.05, 0.1) is 22.4 Å². The molecular weight excluding hydrogens is 725 g/mol. The van der Waals surface area contributed by atoms with E-state index in [0.717, 1.165) is 33.9 Å². The topological polar surface area (TPSA) is 8.17 Å². The molecule has 2 heteroatoms. The highest BCUT2D eigenvalue weighted by atomic mass is 15.1. The lowest BCUT2D eigenvalue weighted by Crippen LogP contribution is -2.12. The van der Waals surface area contributed by atoms with E-state index >= 15 is 0 Å². The maximum Gasteiger partial charge on any atom is 0.0619 e. The minimum atomic E-state index is 1.08. The van der Waals surface area contributed by atoms with Crippen LogP contribution in [-0.2, 0) is 0 Å². The van der Waals surface area contributed by atoms with Crippen LogP contribution in [0.3, 0.4) is 0 Å². The van der Waals surface area contributed by atoms with Crippen LogP contribution in [-0.4, -0.2) is 4.57 Å². The van der Waals surface area contributed by atoms with E-state index in [4.69, 9.17) is 0 Å². The van der Waals surface area contributed by atoms with Crippen LogP contribution >= 0.6 is 0 Å². The van der Waals surface area contributed by atoms with Gasteiger partial charge in [-0.2, -0.15) is 0 Å². The van der Waals surface area contributed by atoms with E-state index < -0.39 is 0 Å². The zero-order valence-electron chi connectivity index (χ0n) is 33.0. The molecule has 282 valence electrons. The maximum absolute atomic E-state index is 2.47. The average molecular weight is 765 g/mol. The van der Waals surface area contributed by atoms with Gasteiger partial charge in [-0.1, -0.05) is 200 Å². The highest BCUT2D eigenvalue weighted by Crippen LogP contribution is 2.47. The molecule has 0 spiro atoms. The molecule has 2 nitrogen and oxygen atoms in total. The largest absolute Gasteiger partial charge is 0.309 e. The molecule has 0 amide bonds. The van der Waals surface area contributed by atoms with E-state index in [2.05, 4.69) is 252 Å². The van der Waals surface area contributed by atoms with Gasteiger partial charge in [-0.15, -0.1) is 0 Å². The number of fused-ring (bicyclic) bond motifs is 4. The average Bonchev–Trinajstić information content (AvgIpc) is 3.67. The molecule has 60 heavy (non-hydrogen) atoms. The minimum absolute atomic E-state index is 1.08. The summed E-state index contributed by atoms with van der Waals surface area (Å²) >= 11 is 0. The Hall–Kier alpha value is -7.94. The Bertz CT molecular complexity index is 3320. The second-order valence-corrected chi connectivity index (χ2v) is 15.2. The number of hydrogen-bond donors (Lipinski definition) is 0. The molecule has 0 saturated carbocycles. The van der Waals surface area contributed by atoms with Crippen LogP contribution in [0.4, 0.5) is 17.1 Å². The Morgan fingerprint density at radius 2 is 0.800 bits per heavy atom. The molecule has 10 aromatic carbocycles. The summed E-state index contributed by atoms with van der Waals surface area (Å²) < 4.78 is 2.43. The van der Waals surface area contributed by atoms with E-state index in [9.17, 15) is 0 Å². The SMILES string of the molecule is c1ccc(-c2ccccc2-c2ccccc2-c2ccccc2N(c2cccc(-c3cccc4c5ccccc5n(-c5ccccc5)c34)c2)c2cccc3ccccc23)cc1. The molecular formula is C58H40N2. The van der Waals surface area contributed by atoms with Crippen LogP contribution < -0.4 is 4.90 Å². The van der Waals surface area contributed by atoms with Crippen molar-refractivity contribution in [2.75, 3.05) is 4.90 Å². The standard InChI is InChI=1S/C58H40N2/c1-3-20-41(21-4-1)46-28-9-10-30-49(46)50-31-11-12-32-51(50)52-33-13-15-37-56(52)59(55-39-18-23-42-22-7-8-29-47(42)55)45-27-17-24-43(40-45)48-35-19-36-54-53-34-14-16-38-57(53)60(58(48)54)44-25-5-2-6-26-44/h1-40H. The number of para-hydroxylation sites is 4. The van der Waals surface area contributed by atoms with Crippen molar-refractivity contribution < 1.29 is 0 Å². The van der Waals surface area contributed by atoms with Crippen molar-refractivity contribution in [2.24, 2.45) is 0 Å². The van der Waals surface area contributed by atoms with Crippen LogP contribution in [0.2, 0.25) is 0 Å². The minimum Gasteiger partial charge on any atom is -0.309 e. The third-order valence-corrected chi connectivity index (χ3v) is 11.8. The Morgan fingerprint density at radius 3 is 1.60 bits per heavy atom.